The van der Waals surface area contributed by atoms with Crippen molar-refractivity contribution in [1.29, 1.82) is 0 Å². The minimum absolute atomic E-state index is 0.270. The van der Waals surface area contributed by atoms with E-state index in [0.29, 0.717) is 17.6 Å². The van der Waals surface area contributed by atoms with Crippen molar-refractivity contribution in [2.75, 3.05) is 0 Å². The summed E-state index contributed by atoms with van der Waals surface area (Å²) < 4.78 is 5.00. The van der Waals surface area contributed by atoms with Crippen molar-refractivity contribution < 1.29 is 9.63 Å². The van der Waals surface area contributed by atoms with Crippen LogP contribution >= 0.6 is 0 Å². The number of nitrogens with two attached hydrogens (primary N) is 1. The van der Waals surface area contributed by atoms with Crippen LogP contribution in [0.25, 0.3) is 0 Å². The van der Waals surface area contributed by atoms with Crippen LogP contribution in [0, 0.1) is 0 Å². The predicted octanol–water partition coefficient (Wildman–Crippen LogP) is 0.328. The van der Waals surface area contributed by atoms with E-state index < -0.39 is 6.10 Å². The van der Waals surface area contributed by atoms with E-state index in [0.717, 1.165) is 12.8 Å². The summed E-state index contributed by atoms with van der Waals surface area (Å²) in [7, 11) is 0. The highest BCUT2D eigenvalue weighted by molar-refractivity contribution is 5.03. The van der Waals surface area contributed by atoms with E-state index in [-0.39, 0.29) is 6.04 Å². The Kier molecular flexibility index (Phi) is 2.05. The third-order valence-electron chi connectivity index (χ3n) is 2.35. The first-order valence-corrected chi connectivity index (χ1v) is 4.44. The van der Waals surface area contributed by atoms with Gasteiger partial charge in [-0.3, -0.25) is 0 Å². The van der Waals surface area contributed by atoms with E-state index in [9.17, 15) is 0 Å². The molecule has 5 nitrogen and oxygen atoms in total. The fourth-order valence-corrected chi connectivity index (χ4v) is 1.45. The Morgan fingerprint density at radius 3 is 2.77 bits per heavy atom. The minimum atomic E-state index is -0.661. The van der Waals surface area contributed by atoms with Crippen molar-refractivity contribution in [3.63, 3.8) is 0 Å². The minimum Gasteiger partial charge on any atom is -0.385 e. The first-order chi connectivity index (χ1) is 6.16. The molecule has 1 aliphatic carbocycles. The molecule has 1 fully saturated rings. The van der Waals surface area contributed by atoms with Gasteiger partial charge in [-0.2, -0.15) is 4.98 Å². The number of rotatable bonds is 2. The van der Waals surface area contributed by atoms with E-state index >= 15 is 0 Å². The molecule has 0 spiro atoms. The van der Waals surface area contributed by atoms with Gasteiger partial charge in [-0.25, -0.2) is 0 Å². The highest BCUT2D eigenvalue weighted by Crippen LogP contribution is 2.34. The SMILES string of the molecule is CC(O)c1noc(C2CC(N)C2)n1. The fraction of sp³-hybridized carbons (Fsp3) is 0.750. The topological polar surface area (TPSA) is 85.2 Å². The van der Waals surface area contributed by atoms with E-state index in [1.54, 1.807) is 6.92 Å². The van der Waals surface area contributed by atoms with E-state index in [1.165, 1.54) is 0 Å². The largest absolute Gasteiger partial charge is 0.385 e. The molecule has 1 heterocycles. The normalized spacial score (nSPS) is 29.8. The van der Waals surface area contributed by atoms with Gasteiger partial charge in [0.1, 0.15) is 6.10 Å². The van der Waals surface area contributed by atoms with Gasteiger partial charge in [0.25, 0.3) is 0 Å². The number of hydrogen-bond acceptors (Lipinski definition) is 5. The molecule has 1 aromatic heterocycles. The van der Waals surface area contributed by atoms with Crippen molar-refractivity contribution >= 4 is 0 Å². The third-order valence-corrected chi connectivity index (χ3v) is 2.35. The van der Waals surface area contributed by atoms with Gasteiger partial charge in [0, 0.05) is 12.0 Å². The summed E-state index contributed by atoms with van der Waals surface area (Å²) in [5.74, 6) is 1.27. The van der Waals surface area contributed by atoms with E-state index in [2.05, 4.69) is 10.1 Å². The lowest BCUT2D eigenvalue weighted by molar-refractivity contribution is 0.183. The molecule has 13 heavy (non-hydrogen) atoms. The monoisotopic (exact) mass is 183 g/mol. The molecule has 1 aliphatic rings. The van der Waals surface area contributed by atoms with Crippen molar-refractivity contribution in [1.82, 2.24) is 10.1 Å². The third kappa shape index (κ3) is 1.57. The summed E-state index contributed by atoms with van der Waals surface area (Å²) in [4.78, 5) is 4.08. The van der Waals surface area contributed by atoms with Crippen molar-refractivity contribution in [3.05, 3.63) is 11.7 Å². The molecule has 5 heteroatoms. The van der Waals surface area contributed by atoms with Gasteiger partial charge >= 0.3 is 0 Å². The Bertz CT molecular complexity index is 291. The maximum atomic E-state index is 9.15. The molecule has 2 rings (SSSR count). The second kappa shape index (κ2) is 3.08. The molecule has 0 saturated heterocycles. The lowest BCUT2D eigenvalue weighted by Gasteiger charge is -2.28. The molecule has 3 N–H and O–H groups in total. The Hall–Kier alpha value is -0.940. The molecule has 0 aliphatic heterocycles. The Labute approximate surface area is 75.9 Å². The molecule has 1 aromatic rings. The van der Waals surface area contributed by atoms with Crippen LogP contribution in [0.2, 0.25) is 0 Å². The number of aromatic nitrogens is 2. The number of aliphatic hydroxyl groups is 1. The number of hydrogen-bond donors (Lipinski definition) is 2. The van der Waals surface area contributed by atoms with Gasteiger partial charge in [0.15, 0.2) is 5.82 Å². The van der Waals surface area contributed by atoms with Crippen molar-refractivity contribution in [2.24, 2.45) is 5.73 Å². The van der Waals surface area contributed by atoms with Crippen LogP contribution in [0.5, 0.6) is 0 Å². The first kappa shape index (κ1) is 8.65. The lowest BCUT2D eigenvalue weighted by Crippen LogP contribution is -2.34. The number of aliphatic hydroxyl groups excluding tert-OH is 1. The zero-order valence-corrected chi connectivity index (χ0v) is 7.47. The van der Waals surface area contributed by atoms with Crippen LogP contribution in [0.15, 0.2) is 4.52 Å². The summed E-state index contributed by atoms with van der Waals surface area (Å²) in [6, 6.07) is 0.270. The zero-order valence-electron chi connectivity index (χ0n) is 7.47. The maximum Gasteiger partial charge on any atom is 0.229 e. The molecule has 72 valence electrons. The molecule has 1 atom stereocenters. The highest BCUT2D eigenvalue weighted by Gasteiger charge is 2.32. The smallest absolute Gasteiger partial charge is 0.229 e. The van der Waals surface area contributed by atoms with E-state index in [1.807, 2.05) is 0 Å². The maximum absolute atomic E-state index is 9.15. The van der Waals surface area contributed by atoms with Gasteiger partial charge < -0.3 is 15.4 Å². The summed E-state index contributed by atoms with van der Waals surface area (Å²) in [5, 5.41) is 12.8. The molecule has 0 amide bonds. The van der Waals surface area contributed by atoms with Crippen molar-refractivity contribution in [3.8, 4) is 0 Å². The van der Waals surface area contributed by atoms with Crippen LogP contribution in [0.1, 0.15) is 43.5 Å². The summed E-state index contributed by atoms with van der Waals surface area (Å²) in [6.45, 7) is 1.61. The predicted molar refractivity (Wildman–Crippen MR) is 44.9 cm³/mol. The second-order valence-corrected chi connectivity index (χ2v) is 3.60. The fourth-order valence-electron chi connectivity index (χ4n) is 1.45. The molecule has 1 saturated carbocycles. The van der Waals surface area contributed by atoms with Crippen LogP contribution in [-0.2, 0) is 0 Å². The van der Waals surface area contributed by atoms with Crippen molar-refractivity contribution in [2.45, 2.75) is 37.8 Å². The standard InChI is InChI=1S/C8H13N3O2/c1-4(12)7-10-8(13-11-7)5-2-6(9)3-5/h4-6,12H,2-3,9H2,1H3. The average Bonchev–Trinajstić information content (AvgIpc) is 2.46. The summed E-state index contributed by atoms with van der Waals surface area (Å²) >= 11 is 0. The highest BCUT2D eigenvalue weighted by atomic mass is 16.5. The summed E-state index contributed by atoms with van der Waals surface area (Å²) in [6.07, 6.45) is 1.15. The summed E-state index contributed by atoms with van der Waals surface area (Å²) in [5.41, 5.74) is 5.63. The van der Waals surface area contributed by atoms with Crippen LogP contribution in [0.3, 0.4) is 0 Å². The molecular formula is C8H13N3O2. The van der Waals surface area contributed by atoms with Gasteiger partial charge in [0.05, 0.1) is 0 Å². The van der Waals surface area contributed by atoms with Crippen LogP contribution in [0.4, 0.5) is 0 Å². The van der Waals surface area contributed by atoms with E-state index in [4.69, 9.17) is 15.4 Å². The molecule has 0 bridgehead atoms. The number of nitrogens with zero attached hydrogens (tertiary/aromatic N) is 2. The lowest BCUT2D eigenvalue weighted by atomic mass is 9.81. The van der Waals surface area contributed by atoms with Gasteiger partial charge in [-0.15, -0.1) is 0 Å². The molecule has 0 aromatic carbocycles. The molecular weight excluding hydrogens is 170 g/mol. The van der Waals surface area contributed by atoms with Gasteiger partial charge in [-0.1, -0.05) is 5.16 Å². The van der Waals surface area contributed by atoms with Gasteiger partial charge in [-0.05, 0) is 19.8 Å². The quantitative estimate of drug-likeness (QED) is 0.690. The molecule has 1 unspecified atom stereocenters. The molecule has 0 radical (unpaired) electrons. The Morgan fingerprint density at radius 2 is 2.31 bits per heavy atom. The van der Waals surface area contributed by atoms with Crippen LogP contribution < -0.4 is 5.73 Å². The first-order valence-electron chi connectivity index (χ1n) is 4.44. The Morgan fingerprint density at radius 1 is 1.62 bits per heavy atom. The second-order valence-electron chi connectivity index (χ2n) is 3.60. The van der Waals surface area contributed by atoms with Gasteiger partial charge in [0.2, 0.25) is 5.89 Å². The zero-order chi connectivity index (χ0) is 9.42. The van der Waals surface area contributed by atoms with Crippen LogP contribution in [-0.4, -0.2) is 21.3 Å². The average molecular weight is 183 g/mol. The Balaban J connectivity index is 2.06.